The monoisotopic (exact) mass is 524 g/mol. The zero-order valence-corrected chi connectivity index (χ0v) is 23.1. The lowest BCUT2D eigenvalue weighted by Crippen LogP contribution is -2.47. The minimum Gasteiger partial charge on any atom is -0.369 e. The van der Waals surface area contributed by atoms with Crippen LogP contribution in [0.15, 0.2) is 18.2 Å². The summed E-state index contributed by atoms with van der Waals surface area (Å²) in [6.45, 7) is 9.91. The molecule has 1 aliphatic carbocycles. The minimum absolute atomic E-state index is 0.000880. The lowest BCUT2D eigenvalue weighted by Gasteiger charge is -2.37. The molecule has 2 N–H and O–H groups in total. The van der Waals surface area contributed by atoms with E-state index in [1.807, 2.05) is 17.0 Å². The maximum atomic E-state index is 14.5. The van der Waals surface area contributed by atoms with E-state index in [1.54, 1.807) is 0 Å². The van der Waals surface area contributed by atoms with Crippen molar-refractivity contribution in [3.63, 3.8) is 0 Å². The fourth-order valence-electron chi connectivity index (χ4n) is 7.44. The Bertz CT molecular complexity index is 1030. The van der Waals surface area contributed by atoms with Crippen LogP contribution in [0.5, 0.6) is 0 Å². The number of piperazine rings is 1. The van der Waals surface area contributed by atoms with Crippen molar-refractivity contribution in [2.24, 2.45) is 17.6 Å². The number of hydrogen-bond donors (Lipinski definition) is 1. The normalized spacial score (nSPS) is 27.2. The van der Waals surface area contributed by atoms with Crippen LogP contribution in [-0.4, -0.2) is 85.4 Å². The van der Waals surface area contributed by atoms with Crippen LogP contribution in [0.2, 0.25) is 0 Å². The summed E-state index contributed by atoms with van der Waals surface area (Å²) in [6, 6.07) is 5.35. The van der Waals surface area contributed by atoms with E-state index >= 15 is 0 Å². The Morgan fingerprint density at radius 3 is 2.47 bits per heavy atom. The second-order valence-corrected chi connectivity index (χ2v) is 11.7. The molecule has 4 aliphatic rings. The molecular formula is C30H44N4O4. The Kier molecular flexibility index (Phi) is 8.38. The van der Waals surface area contributed by atoms with Crippen LogP contribution in [0.25, 0.3) is 0 Å². The highest BCUT2D eigenvalue weighted by Gasteiger charge is 2.53. The molecule has 1 aromatic rings. The van der Waals surface area contributed by atoms with E-state index < -0.39 is 17.9 Å². The van der Waals surface area contributed by atoms with Gasteiger partial charge in [-0.15, -0.1) is 0 Å². The number of benzene rings is 1. The number of Topliss-reactive ketones (excluding diaryl/α,β-unsaturated/α-hetero) is 1. The molecule has 3 aliphatic heterocycles. The molecule has 3 saturated heterocycles. The maximum Gasteiger partial charge on any atom is 0.249 e. The van der Waals surface area contributed by atoms with Gasteiger partial charge in [0.05, 0.1) is 12.0 Å². The summed E-state index contributed by atoms with van der Waals surface area (Å²) in [4.78, 5) is 46.7. The number of nitrogens with two attached hydrogens (primary N) is 1. The van der Waals surface area contributed by atoms with Gasteiger partial charge < -0.3 is 20.3 Å². The van der Waals surface area contributed by atoms with Gasteiger partial charge >= 0.3 is 0 Å². The largest absolute Gasteiger partial charge is 0.369 e. The number of nitrogens with zero attached hydrogens (tertiary/aromatic N) is 3. The van der Waals surface area contributed by atoms with E-state index in [2.05, 4.69) is 29.7 Å². The highest BCUT2D eigenvalue weighted by Crippen LogP contribution is 2.44. The summed E-state index contributed by atoms with van der Waals surface area (Å²) in [6.07, 6.45) is 6.89. The first-order valence-corrected chi connectivity index (χ1v) is 14.8. The minimum atomic E-state index is -0.505. The van der Waals surface area contributed by atoms with Crippen molar-refractivity contribution in [2.75, 3.05) is 50.8 Å². The Morgan fingerprint density at radius 1 is 1.08 bits per heavy atom. The summed E-state index contributed by atoms with van der Waals surface area (Å²) in [7, 11) is 0. The molecule has 1 aromatic carbocycles. The quantitative estimate of drug-likeness (QED) is 0.533. The molecule has 0 spiro atoms. The number of hydrogen-bond acceptors (Lipinski definition) is 6. The van der Waals surface area contributed by atoms with Crippen molar-refractivity contribution in [1.82, 2.24) is 9.80 Å². The molecule has 0 aromatic heterocycles. The lowest BCUT2D eigenvalue weighted by molar-refractivity contribution is -0.138. The standard InChI is InChI=1S/C30H44N4O4/c1-3-7-21-18-34(27-25(35)19-38-28(21)27)30(37)26(20-8-5-6-9-20)24-17-22(10-11-23(24)29(31)36)33-15-13-32(12-4-2)14-16-33/h10-11,17,20-21,26-28H,3-9,12-16,18-19H2,1-2H3,(H2,31,36)/t21-,26-,27+,28+/m0/s1. The van der Waals surface area contributed by atoms with E-state index in [0.29, 0.717) is 12.1 Å². The van der Waals surface area contributed by atoms with Gasteiger partial charge in [0.25, 0.3) is 0 Å². The first-order valence-electron chi connectivity index (χ1n) is 14.8. The fourth-order valence-corrected chi connectivity index (χ4v) is 7.44. The maximum absolute atomic E-state index is 14.5. The van der Waals surface area contributed by atoms with Gasteiger partial charge in [-0.3, -0.25) is 19.3 Å². The van der Waals surface area contributed by atoms with Crippen molar-refractivity contribution in [3.8, 4) is 0 Å². The van der Waals surface area contributed by atoms with Crippen molar-refractivity contribution in [3.05, 3.63) is 29.3 Å². The Labute approximate surface area is 226 Å². The molecule has 8 heteroatoms. The van der Waals surface area contributed by atoms with Gasteiger partial charge in [0.1, 0.15) is 12.6 Å². The van der Waals surface area contributed by atoms with Crippen LogP contribution in [0.1, 0.15) is 80.6 Å². The topological polar surface area (TPSA) is 96.2 Å². The van der Waals surface area contributed by atoms with Crippen molar-refractivity contribution in [1.29, 1.82) is 0 Å². The molecule has 0 bridgehead atoms. The van der Waals surface area contributed by atoms with Gasteiger partial charge in [0.2, 0.25) is 11.8 Å². The highest BCUT2D eigenvalue weighted by molar-refractivity contribution is 5.99. The van der Waals surface area contributed by atoms with Crippen LogP contribution < -0.4 is 10.6 Å². The fraction of sp³-hybridized carbons (Fsp3) is 0.700. The average Bonchev–Trinajstić information content (AvgIpc) is 3.65. The van der Waals surface area contributed by atoms with Gasteiger partial charge in [0.15, 0.2) is 5.78 Å². The predicted molar refractivity (Wildman–Crippen MR) is 147 cm³/mol. The molecule has 208 valence electrons. The first-order chi connectivity index (χ1) is 18.4. The lowest BCUT2D eigenvalue weighted by atomic mass is 9.80. The third-order valence-corrected chi connectivity index (χ3v) is 9.28. The summed E-state index contributed by atoms with van der Waals surface area (Å²) in [5.74, 6) is -0.698. The van der Waals surface area contributed by atoms with E-state index in [0.717, 1.165) is 88.9 Å². The SMILES string of the molecule is CCC[C@H]1CN(C(=O)[C@H](c2cc(N3CCN(CCC)CC3)ccc2C(N)=O)C2CCCC2)[C@@H]2C(=O)CO[C@H]12. The van der Waals surface area contributed by atoms with Gasteiger partial charge in [0, 0.05) is 49.9 Å². The van der Waals surface area contributed by atoms with E-state index in [4.69, 9.17) is 10.5 Å². The molecule has 4 atom stereocenters. The number of rotatable bonds is 9. The number of carbonyl (C=O) groups is 3. The van der Waals surface area contributed by atoms with E-state index in [9.17, 15) is 14.4 Å². The first kappa shape index (κ1) is 27.1. The number of primary amides is 1. The smallest absolute Gasteiger partial charge is 0.249 e. The number of fused-ring (bicyclic) bond motifs is 1. The molecule has 0 unspecified atom stereocenters. The summed E-state index contributed by atoms with van der Waals surface area (Å²) in [5, 5.41) is 0. The third kappa shape index (κ3) is 5.22. The van der Waals surface area contributed by atoms with Gasteiger partial charge in [-0.2, -0.15) is 0 Å². The molecule has 4 fully saturated rings. The molecule has 3 heterocycles. The van der Waals surface area contributed by atoms with Crippen LogP contribution in [0.4, 0.5) is 5.69 Å². The molecule has 38 heavy (non-hydrogen) atoms. The zero-order chi connectivity index (χ0) is 26.8. The molecular weight excluding hydrogens is 480 g/mol. The number of ketones is 1. The number of carbonyl (C=O) groups excluding carboxylic acids is 3. The van der Waals surface area contributed by atoms with Crippen LogP contribution in [0.3, 0.4) is 0 Å². The van der Waals surface area contributed by atoms with Crippen molar-refractivity contribution >= 4 is 23.3 Å². The average molecular weight is 525 g/mol. The molecule has 0 radical (unpaired) electrons. The van der Waals surface area contributed by atoms with E-state index in [-0.39, 0.29) is 36.2 Å². The molecule has 1 saturated carbocycles. The molecule has 2 amide bonds. The van der Waals surface area contributed by atoms with Crippen LogP contribution in [-0.2, 0) is 14.3 Å². The highest BCUT2D eigenvalue weighted by atomic mass is 16.5. The second-order valence-electron chi connectivity index (χ2n) is 11.7. The predicted octanol–water partition coefficient (Wildman–Crippen LogP) is 3.19. The zero-order valence-electron chi connectivity index (χ0n) is 23.1. The number of anilines is 1. The number of amides is 2. The summed E-state index contributed by atoms with van der Waals surface area (Å²) < 4.78 is 5.90. The number of ether oxygens (including phenoxy) is 1. The molecule has 8 nitrogen and oxygen atoms in total. The Balaban J connectivity index is 1.49. The van der Waals surface area contributed by atoms with Crippen LogP contribution >= 0.6 is 0 Å². The van der Waals surface area contributed by atoms with Crippen molar-refractivity contribution in [2.45, 2.75) is 76.9 Å². The van der Waals surface area contributed by atoms with Crippen molar-refractivity contribution < 1.29 is 19.1 Å². The molecule has 5 rings (SSSR count). The van der Waals surface area contributed by atoms with Crippen LogP contribution in [0, 0.1) is 11.8 Å². The van der Waals surface area contributed by atoms with Gasteiger partial charge in [-0.05, 0) is 61.9 Å². The van der Waals surface area contributed by atoms with E-state index in [1.165, 1.54) is 0 Å². The van der Waals surface area contributed by atoms with Gasteiger partial charge in [-0.1, -0.05) is 33.1 Å². The number of likely N-dealkylation sites (tertiary alicyclic amines) is 1. The third-order valence-electron chi connectivity index (χ3n) is 9.28. The Morgan fingerprint density at radius 2 is 1.82 bits per heavy atom. The summed E-state index contributed by atoms with van der Waals surface area (Å²) in [5.41, 5.74) is 8.11. The second kappa shape index (κ2) is 11.7. The Hall–Kier alpha value is -2.45. The van der Waals surface area contributed by atoms with Gasteiger partial charge in [-0.25, -0.2) is 0 Å². The summed E-state index contributed by atoms with van der Waals surface area (Å²) >= 11 is 0.